The van der Waals surface area contributed by atoms with Crippen LogP contribution in [0.4, 0.5) is 0 Å². The van der Waals surface area contributed by atoms with Gasteiger partial charge in [-0.3, -0.25) is 14.4 Å². The first-order valence-electron chi connectivity index (χ1n) is 16.9. The van der Waals surface area contributed by atoms with Gasteiger partial charge in [0.25, 0.3) is 6.04 Å². The van der Waals surface area contributed by atoms with Gasteiger partial charge in [-0.15, -0.1) is 0 Å². The van der Waals surface area contributed by atoms with Gasteiger partial charge in [0.2, 0.25) is 23.3 Å². The summed E-state index contributed by atoms with van der Waals surface area (Å²) in [5, 5.41) is 1.36. The van der Waals surface area contributed by atoms with Gasteiger partial charge < -0.3 is 14.3 Å². The molecule has 3 aliphatic rings. The van der Waals surface area contributed by atoms with Crippen LogP contribution >= 0.6 is 15.9 Å². The molecule has 0 spiro atoms. The second-order valence-corrected chi connectivity index (χ2v) is 20.0. The Labute approximate surface area is 299 Å². The summed E-state index contributed by atoms with van der Waals surface area (Å²) in [4.78, 5) is 42.7. The van der Waals surface area contributed by atoms with E-state index >= 15 is 0 Å². The van der Waals surface area contributed by atoms with Crippen molar-refractivity contribution in [3.8, 4) is 11.8 Å². The van der Waals surface area contributed by atoms with Gasteiger partial charge in [0, 0.05) is 54.1 Å². The number of carbonyl (C=O) groups is 2. The molecule has 3 aromatic rings. The average Bonchev–Trinajstić information content (AvgIpc) is 3.10. The highest BCUT2D eigenvalue weighted by Crippen LogP contribution is 2.51. The van der Waals surface area contributed by atoms with Crippen LogP contribution in [-0.2, 0) is 28.0 Å². The van der Waals surface area contributed by atoms with E-state index in [1.54, 1.807) is 26.4 Å². The predicted molar refractivity (Wildman–Crippen MR) is 196 cm³/mol. The molecule has 49 heavy (non-hydrogen) atoms. The Bertz CT molecular complexity index is 1800. The van der Waals surface area contributed by atoms with Gasteiger partial charge >= 0.3 is 5.54 Å². The van der Waals surface area contributed by atoms with E-state index in [0.29, 0.717) is 55.2 Å². The molecule has 3 unspecified atom stereocenters. The van der Waals surface area contributed by atoms with Crippen molar-refractivity contribution in [3.63, 3.8) is 0 Å². The summed E-state index contributed by atoms with van der Waals surface area (Å²) in [5.74, 6) is 1.96. The van der Waals surface area contributed by atoms with Crippen LogP contribution in [-0.4, -0.2) is 49.9 Å². The molecular formula is C39H45BrN4O4Si. The number of fused-ring (bicyclic) bond motifs is 4. The molecule has 2 aromatic heterocycles. The van der Waals surface area contributed by atoms with Gasteiger partial charge in [0.05, 0.1) is 39.2 Å². The first-order chi connectivity index (χ1) is 23.3. The van der Waals surface area contributed by atoms with Gasteiger partial charge in [-0.2, -0.15) is 0 Å². The average molecular weight is 742 g/mol. The summed E-state index contributed by atoms with van der Waals surface area (Å²) in [7, 11) is 1.20. The van der Waals surface area contributed by atoms with E-state index in [2.05, 4.69) is 93.7 Å². The number of methoxy groups -OCH3 is 2. The molecule has 2 fully saturated rings. The van der Waals surface area contributed by atoms with Crippen LogP contribution in [0.3, 0.4) is 0 Å². The molecule has 8 nitrogen and oxygen atoms in total. The van der Waals surface area contributed by atoms with Crippen LogP contribution in [0, 0.1) is 42.7 Å². The molecule has 1 aromatic carbocycles. The van der Waals surface area contributed by atoms with Crippen molar-refractivity contribution in [2.45, 2.75) is 76.7 Å². The molecule has 0 aliphatic heterocycles. The van der Waals surface area contributed by atoms with Crippen molar-refractivity contribution in [2.75, 3.05) is 14.2 Å². The van der Waals surface area contributed by atoms with Crippen molar-refractivity contribution in [2.24, 2.45) is 29.6 Å². The number of benzene rings is 1. The molecule has 8 atom stereocenters. The largest absolute Gasteiger partial charge is 0.481 e. The number of Topliss-reactive ketones (excluding diaryl/α,β-unsaturated/α-hetero) is 2. The molecule has 3 aliphatic carbocycles. The molecule has 10 heteroatoms. The third-order valence-electron chi connectivity index (χ3n) is 11.5. The second kappa shape index (κ2) is 14.5. The van der Waals surface area contributed by atoms with Crippen molar-refractivity contribution in [1.82, 2.24) is 9.97 Å². The molecule has 0 radical (unpaired) electrons. The zero-order valence-electron chi connectivity index (χ0n) is 29.4. The van der Waals surface area contributed by atoms with Crippen molar-refractivity contribution in [3.05, 3.63) is 98.9 Å². The molecular weight excluding hydrogens is 696 g/mol. The molecule has 6 rings (SSSR count). The number of ketones is 2. The van der Waals surface area contributed by atoms with E-state index in [0.717, 1.165) is 21.4 Å². The lowest BCUT2D eigenvalue weighted by atomic mass is 9.58. The van der Waals surface area contributed by atoms with E-state index in [4.69, 9.17) is 22.6 Å². The van der Waals surface area contributed by atoms with Crippen LogP contribution in [0.25, 0.3) is 9.69 Å². The summed E-state index contributed by atoms with van der Waals surface area (Å²) >= 11 is 3.59. The van der Waals surface area contributed by atoms with Crippen LogP contribution < -0.4 is 14.7 Å². The Morgan fingerprint density at radius 1 is 0.939 bits per heavy atom. The van der Waals surface area contributed by atoms with Gasteiger partial charge in [-0.25, -0.2) is 23.1 Å². The smallest absolute Gasteiger partial charge is 0.316 e. The van der Waals surface area contributed by atoms with Crippen LogP contribution in [0.2, 0.25) is 18.6 Å². The summed E-state index contributed by atoms with van der Waals surface area (Å²) in [5.41, 5.74) is 1.72. The van der Waals surface area contributed by atoms with E-state index in [-0.39, 0.29) is 28.9 Å². The number of pyridine rings is 2. The summed E-state index contributed by atoms with van der Waals surface area (Å²) in [6.07, 6.45) is 2.42. The standard InChI is InChI=1S/C23H27BrN2O2Si.C16H18N2O2/c1-15-13-20(25-2)22(27)17(14-19-18(24)11-12-21(26-19)28-3)23(15)29(4,5)16-9-7-6-8-10-16;1-9-8-16(17-3)12-5-6-14(20-4)18-13(12)7-11(10(9)2)15(16)19/h6-12,15,17,20,23H,13-14H2,1,3-5H3;5-6,9-11H,7-8H2,1-2,4H3/t15-,17+,20?,23+;9?,10-,11+,16?/m11/s1. The number of hydrogen-bond donors (Lipinski definition) is 0. The Hall–Kier alpha value is -3.86. The topological polar surface area (TPSA) is 87.1 Å². The molecule has 2 bridgehead atoms. The highest BCUT2D eigenvalue weighted by Gasteiger charge is 2.61. The third-order valence-corrected chi connectivity index (χ3v) is 16.6. The zero-order valence-corrected chi connectivity index (χ0v) is 32.0. The molecule has 0 N–H and O–H groups in total. The minimum absolute atomic E-state index is 0.0797. The first-order valence-corrected chi connectivity index (χ1v) is 20.8. The minimum atomic E-state index is -1.98. The van der Waals surface area contributed by atoms with E-state index in [1.165, 1.54) is 5.19 Å². The lowest BCUT2D eigenvalue weighted by molar-refractivity contribution is -0.134. The first kappa shape index (κ1) is 36.4. The lowest BCUT2D eigenvalue weighted by Crippen LogP contribution is -2.56. The number of carbonyl (C=O) groups excluding carboxylic acids is 2. The second-order valence-electron chi connectivity index (χ2n) is 14.5. The van der Waals surface area contributed by atoms with Crippen LogP contribution in [0.5, 0.6) is 11.8 Å². The molecule has 256 valence electrons. The fourth-order valence-corrected chi connectivity index (χ4v) is 13.4. The monoisotopic (exact) mass is 740 g/mol. The fraction of sp³-hybridized carbons (Fsp3) is 0.487. The van der Waals surface area contributed by atoms with Gasteiger partial charge in [-0.1, -0.05) is 69.4 Å². The number of ether oxygens (including phenoxy) is 2. The number of aromatic nitrogens is 2. The van der Waals surface area contributed by atoms with E-state index in [9.17, 15) is 9.59 Å². The highest BCUT2D eigenvalue weighted by molar-refractivity contribution is 9.10. The number of nitrogens with zero attached hydrogens (tertiary/aromatic N) is 4. The molecule has 2 heterocycles. The quantitative estimate of drug-likeness (QED) is 0.192. The van der Waals surface area contributed by atoms with E-state index in [1.807, 2.05) is 18.2 Å². The Morgan fingerprint density at radius 3 is 2.22 bits per heavy atom. The zero-order chi connectivity index (χ0) is 35.7. The molecule has 2 saturated carbocycles. The Kier molecular flexibility index (Phi) is 10.8. The number of halogens is 1. The lowest BCUT2D eigenvalue weighted by Gasteiger charge is -2.44. The minimum Gasteiger partial charge on any atom is -0.481 e. The van der Waals surface area contributed by atoms with Crippen molar-refractivity contribution < 1.29 is 19.1 Å². The predicted octanol–water partition coefficient (Wildman–Crippen LogP) is 7.52. The number of hydrogen-bond acceptors (Lipinski definition) is 6. The van der Waals surface area contributed by atoms with Crippen LogP contribution in [0.15, 0.2) is 59.1 Å². The van der Waals surface area contributed by atoms with Crippen LogP contribution in [0.1, 0.15) is 50.6 Å². The third kappa shape index (κ3) is 6.70. The maximum atomic E-state index is 13.4. The van der Waals surface area contributed by atoms with Gasteiger partial charge in [-0.05, 0) is 51.4 Å². The Balaban J connectivity index is 0.000000204. The van der Waals surface area contributed by atoms with Crippen molar-refractivity contribution >= 4 is 40.8 Å². The summed E-state index contributed by atoms with van der Waals surface area (Å²) in [6, 6.07) is 17.4. The molecule has 0 saturated heterocycles. The summed E-state index contributed by atoms with van der Waals surface area (Å²) in [6.45, 7) is 26.4. The van der Waals surface area contributed by atoms with Crippen molar-refractivity contribution in [1.29, 1.82) is 0 Å². The normalized spacial score (nSPS) is 29.0. The maximum Gasteiger partial charge on any atom is 0.316 e. The maximum absolute atomic E-state index is 13.4. The fourth-order valence-electron chi connectivity index (χ4n) is 8.70. The van der Waals surface area contributed by atoms with Gasteiger partial charge in [0.15, 0.2) is 0 Å². The number of rotatable bonds is 6. The van der Waals surface area contributed by atoms with E-state index < -0.39 is 19.7 Å². The SMILES string of the molecule is [C-]#[N+]C12CC(C)[C@@H](C)[C@H](Cc3nc(OC)ccc31)C2=O.[C-]#[N+]C1C[C@@H](C)[C@H]([Si](C)(C)c2ccccc2)[C@@H](Cc2nc(OC)ccc2Br)C1=O. The Morgan fingerprint density at radius 2 is 1.59 bits per heavy atom. The van der Waals surface area contributed by atoms with Gasteiger partial charge in [0.1, 0.15) is 0 Å². The highest BCUT2D eigenvalue weighted by atomic mass is 79.9. The molecule has 0 amide bonds. The summed E-state index contributed by atoms with van der Waals surface area (Å²) < 4.78 is 11.3.